The van der Waals surface area contributed by atoms with Crippen LogP contribution in [0.3, 0.4) is 0 Å². The number of carbonyl (C=O) groups is 3. The summed E-state index contributed by atoms with van der Waals surface area (Å²) in [6.45, 7) is 1.19. The lowest BCUT2D eigenvalue weighted by atomic mass is 9.72. The molecule has 9 nitrogen and oxygen atoms in total. The molecule has 1 aliphatic carbocycles. The number of nitrogens with zero attached hydrogens (tertiary/aromatic N) is 2. The minimum Gasteiger partial charge on any atom is -0.497 e. The Morgan fingerprint density at radius 3 is 2.78 bits per heavy atom. The minimum absolute atomic E-state index is 0.0602. The lowest BCUT2D eigenvalue weighted by molar-refractivity contribution is -0.128. The second-order valence-electron chi connectivity index (χ2n) is 10.9. The van der Waals surface area contributed by atoms with Gasteiger partial charge in [0.05, 0.1) is 13.2 Å². The molecule has 3 heterocycles. The molecule has 196 valence electrons. The predicted molar refractivity (Wildman–Crippen MR) is 138 cm³/mol. The third-order valence-corrected chi connectivity index (χ3v) is 8.44. The molecule has 1 aromatic carbocycles. The van der Waals surface area contributed by atoms with Crippen molar-refractivity contribution in [3.05, 3.63) is 30.0 Å². The number of methoxy groups -OCH3 is 1. The maximum Gasteiger partial charge on any atom is 0.271 e. The van der Waals surface area contributed by atoms with E-state index in [1.165, 1.54) is 6.42 Å². The van der Waals surface area contributed by atoms with E-state index in [4.69, 9.17) is 4.74 Å². The summed E-state index contributed by atoms with van der Waals surface area (Å²) in [4.78, 5) is 44.5. The van der Waals surface area contributed by atoms with Crippen molar-refractivity contribution < 1.29 is 19.1 Å². The van der Waals surface area contributed by atoms with Crippen LogP contribution in [0.15, 0.2) is 24.3 Å². The van der Waals surface area contributed by atoms with Crippen LogP contribution in [0, 0.1) is 22.7 Å². The van der Waals surface area contributed by atoms with E-state index in [0.717, 1.165) is 43.0 Å². The average Bonchev–Trinajstić information content (AvgIpc) is 3.51. The quantitative estimate of drug-likeness (QED) is 0.555. The maximum absolute atomic E-state index is 13.8. The first-order chi connectivity index (χ1) is 17.9. The standard InChI is InChI=1S/C28H35N5O4/c1-37-21-7-8-22-19(13-21)14-23(32-22)27(36)33-17-28(9-3-2-4-10-28)15-24(33)26(35)31-20(16-29)12-18-6-5-11-30-25(18)34/h7-8,13-14,18,20,24,32H,2-6,9-12,15,17H2,1H3,(H,30,34)(H,31,35)/t18-,20-,24-/m0/s1. The summed E-state index contributed by atoms with van der Waals surface area (Å²) in [6, 6.07) is 8.13. The molecule has 0 unspecified atom stereocenters. The Bertz CT molecular complexity index is 1220. The highest BCUT2D eigenvalue weighted by Crippen LogP contribution is 2.46. The molecule has 5 rings (SSSR count). The summed E-state index contributed by atoms with van der Waals surface area (Å²) in [5.41, 5.74) is 1.19. The second kappa shape index (κ2) is 10.4. The van der Waals surface area contributed by atoms with Crippen molar-refractivity contribution in [2.24, 2.45) is 11.3 Å². The largest absolute Gasteiger partial charge is 0.497 e. The first-order valence-corrected chi connectivity index (χ1v) is 13.4. The van der Waals surface area contributed by atoms with Gasteiger partial charge in [-0.05, 0) is 68.2 Å². The molecule has 2 aliphatic heterocycles. The van der Waals surface area contributed by atoms with Gasteiger partial charge in [-0.2, -0.15) is 5.26 Å². The molecule has 3 fully saturated rings. The van der Waals surface area contributed by atoms with E-state index >= 15 is 0 Å². The highest BCUT2D eigenvalue weighted by atomic mass is 16.5. The molecule has 3 aliphatic rings. The molecule has 2 aromatic rings. The number of aromatic nitrogens is 1. The van der Waals surface area contributed by atoms with E-state index < -0.39 is 12.1 Å². The number of benzene rings is 1. The number of H-pyrrole nitrogens is 1. The van der Waals surface area contributed by atoms with Gasteiger partial charge in [0.1, 0.15) is 23.5 Å². The Labute approximate surface area is 216 Å². The summed E-state index contributed by atoms with van der Waals surface area (Å²) in [6.07, 6.45) is 7.82. The molecule has 3 atom stereocenters. The maximum atomic E-state index is 13.8. The highest BCUT2D eigenvalue weighted by molar-refractivity contribution is 6.01. The number of nitriles is 1. The molecule has 1 spiro atoms. The molecule has 3 N–H and O–H groups in total. The first kappa shape index (κ1) is 25.1. The summed E-state index contributed by atoms with van der Waals surface area (Å²) in [5, 5.41) is 16.3. The fraction of sp³-hybridized carbons (Fsp3) is 0.571. The molecule has 0 bridgehead atoms. The lowest BCUT2D eigenvalue weighted by Gasteiger charge is -2.32. The van der Waals surface area contributed by atoms with Crippen LogP contribution in [-0.4, -0.2) is 59.9 Å². The van der Waals surface area contributed by atoms with Gasteiger partial charge in [0.15, 0.2) is 0 Å². The van der Waals surface area contributed by atoms with E-state index in [1.807, 2.05) is 18.2 Å². The van der Waals surface area contributed by atoms with Crippen LogP contribution in [-0.2, 0) is 9.59 Å². The zero-order valence-corrected chi connectivity index (χ0v) is 21.3. The van der Waals surface area contributed by atoms with Crippen LogP contribution in [0.4, 0.5) is 0 Å². The van der Waals surface area contributed by atoms with Crippen molar-refractivity contribution in [2.75, 3.05) is 20.2 Å². The zero-order chi connectivity index (χ0) is 26.0. The Morgan fingerprint density at radius 1 is 1.24 bits per heavy atom. The SMILES string of the molecule is COc1ccc2[nH]c(C(=O)N3CC4(CCCCC4)C[C@H]3C(=O)N[C@H](C#N)C[C@@H]3CCCNC3=O)cc2c1. The smallest absolute Gasteiger partial charge is 0.271 e. The Morgan fingerprint density at radius 2 is 2.05 bits per heavy atom. The van der Waals surface area contributed by atoms with E-state index in [-0.39, 0.29) is 35.5 Å². The van der Waals surface area contributed by atoms with Crippen molar-refractivity contribution in [1.29, 1.82) is 5.26 Å². The zero-order valence-electron chi connectivity index (χ0n) is 21.3. The van der Waals surface area contributed by atoms with Gasteiger partial charge in [-0.1, -0.05) is 19.3 Å². The van der Waals surface area contributed by atoms with Crippen molar-refractivity contribution in [3.63, 3.8) is 0 Å². The van der Waals surface area contributed by atoms with Gasteiger partial charge < -0.3 is 25.3 Å². The number of fused-ring (bicyclic) bond motifs is 1. The third-order valence-electron chi connectivity index (χ3n) is 8.44. The molecule has 9 heteroatoms. The number of amides is 3. The summed E-state index contributed by atoms with van der Waals surface area (Å²) in [5.74, 6) is -0.156. The molecule has 2 saturated heterocycles. The number of hydrogen-bond donors (Lipinski definition) is 3. The van der Waals surface area contributed by atoms with Crippen LogP contribution in [0.2, 0.25) is 0 Å². The van der Waals surface area contributed by atoms with E-state index in [1.54, 1.807) is 18.1 Å². The Kier molecular flexibility index (Phi) is 7.09. The molecule has 1 aromatic heterocycles. The van der Waals surface area contributed by atoms with Gasteiger partial charge in [0, 0.05) is 29.9 Å². The highest BCUT2D eigenvalue weighted by Gasteiger charge is 2.49. The van der Waals surface area contributed by atoms with Crippen LogP contribution in [0.25, 0.3) is 10.9 Å². The van der Waals surface area contributed by atoms with Crippen molar-refractivity contribution >= 4 is 28.6 Å². The monoisotopic (exact) mass is 505 g/mol. The lowest BCUT2D eigenvalue weighted by Crippen LogP contribution is -2.49. The number of nitrogens with one attached hydrogen (secondary N) is 3. The number of ether oxygens (including phenoxy) is 1. The molecule has 0 radical (unpaired) electrons. The minimum atomic E-state index is -0.776. The van der Waals surface area contributed by atoms with Gasteiger partial charge in [0.25, 0.3) is 5.91 Å². The Hall–Kier alpha value is -3.54. The van der Waals surface area contributed by atoms with Crippen molar-refractivity contribution in [2.45, 2.75) is 69.9 Å². The van der Waals surface area contributed by atoms with E-state index in [0.29, 0.717) is 37.4 Å². The first-order valence-electron chi connectivity index (χ1n) is 13.4. The number of piperidine rings is 1. The fourth-order valence-electron chi connectivity index (χ4n) is 6.43. The number of likely N-dealkylation sites (tertiary alicyclic amines) is 1. The van der Waals surface area contributed by atoms with Gasteiger partial charge in [-0.3, -0.25) is 14.4 Å². The summed E-state index contributed by atoms with van der Waals surface area (Å²) < 4.78 is 5.31. The molecule has 37 heavy (non-hydrogen) atoms. The van der Waals surface area contributed by atoms with Crippen LogP contribution < -0.4 is 15.4 Å². The van der Waals surface area contributed by atoms with E-state index in [2.05, 4.69) is 21.7 Å². The average molecular weight is 506 g/mol. The fourth-order valence-corrected chi connectivity index (χ4v) is 6.43. The van der Waals surface area contributed by atoms with Gasteiger partial charge in [-0.25, -0.2) is 0 Å². The molecular formula is C28H35N5O4. The summed E-state index contributed by atoms with van der Waals surface area (Å²) >= 11 is 0. The van der Waals surface area contributed by atoms with Crippen LogP contribution in [0.1, 0.15) is 68.3 Å². The predicted octanol–water partition coefficient (Wildman–Crippen LogP) is 3.27. The topological polar surface area (TPSA) is 127 Å². The third kappa shape index (κ3) is 5.15. The normalized spacial score (nSPS) is 23.9. The number of carbonyl (C=O) groups excluding carboxylic acids is 3. The number of hydrogen-bond acceptors (Lipinski definition) is 5. The number of aromatic amines is 1. The molecule has 1 saturated carbocycles. The molecule has 3 amide bonds. The second-order valence-corrected chi connectivity index (χ2v) is 10.9. The van der Waals surface area contributed by atoms with Gasteiger partial charge >= 0.3 is 0 Å². The van der Waals surface area contributed by atoms with Crippen molar-refractivity contribution in [1.82, 2.24) is 20.5 Å². The summed E-state index contributed by atoms with van der Waals surface area (Å²) in [7, 11) is 1.60. The molecular weight excluding hydrogens is 470 g/mol. The van der Waals surface area contributed by atoms with Gasteiger partial charge in [0.2, 0.25) is 11.8 Å². The van der Waals surface area contributed by atoms with Crippen LogP contribution in [0.5, 0.6) is 5.75 Å². The number of rotatable bonds is 6. The van der Waals surface area contributed by atoms with E-state index in [9.17, 15) is 19.6 Å². The van der Waals surface area contributed by atoms with Crippen LogP contribution >= 0.6 is 0 Å². The van der Waals surface area contributed by atoms with Gasteiger partial charge in [-0.15, -0.1) is 0 Å². The Balaban J connectivity index is 1.36. The van der Waals surface area contributed by atoms with Crippen molar-refractivity contribution in [3.8, 4) is 11.8 Å².